The number of ether oxygens (including phenoxy) is 1. The number of esters is 1. The van der Waals surface area contributed by atoms with Gasteiger partial charge in [0.05, 0.1) is 18.1 Å². The lowest BCUT2D eigenvalue weighted by Gasteiger charge is -2.34. The number of piperazine rings is 1. The number of anilines is 2. The summed E-state index contributed by atoms with van der Waals surface area (Å²) in [5.74, 6) is 0.179. The second-order valence-corrected chi connectivity index (χ2v) is 8.46. The Labute approximate surface area is 198 Å². The lowest BCUT2D eigenvalue weighted by atomic mass is 10.0. The van der Waals surface area contributed by atoms with Gasteiger partial charge in [-0.05, 0) is 42.7 Å². The number of amides is 1. The molecule has 0 spiro atoms. The topological polar surface area (TPSA) is 92.1 Å². The van der Waals surface area contributed by atoms with Crippen LogP contribution in [0.2, 0.25) is 0 Å². The highest BCUT2D eigenvalue weighted by Crippen LogP contribution is 2.25. The third kappa shape index (κ3) is 4.90. The van der Waals surface area contributed by atoms with Crippen LogP contribution in [-0.2, 0) is 16.0 Å². The Morgan fingerprint density at radius 2 is 1.82 bits per heavy atom. The number of aryl methyl sites for hydroxylation is 1. The third-order valence-corrected chi connectivity index (χ3v) is 6.12. The smallest absolute Gasteiger partial charge is 0.339 e. The quantitative estimate of drug-likeness (QED) is 0.561. The van der Waals surface area contributed by atoms with Gasteiger partial charge in [0.2, 0.25) is 5.91 Å². The lowest BCUT2D eigenvalue weighted by Crippen LogP contribution is -2.48. The molecular formula is C26H29N3O5. The standard InChI is InChI=1S/C26H29N3O5/c1-17-14-19(8-9-27-22-7-5-4-6-20(22)26(32)33-3)25-21(15-17)23(31)16-24(34-25)29-12-10-28(11-13-29)18(2)30/h4-7,14-16,27H,8-13H2,1-3H3. The fourth-order valence-electron chi connectivity index (χ4n) is 4.32. The van der Waals surface area contributed by atoms with Gasteiger partial charge >= 0.3 is 5.97 Å². The molecule has 1 aromatic heterocycles. The van der Waals surface area contributed by atoms with Crippen molar-refractivity contribution >= 4 is 34.4 Å². The highest BCUT2D eigenvalue weighted by molar-refractivity contribution is 5.95. The zero-order valence-electron chi connectivity index (χ0n) is 19.7. The van der Waals surface area contributed by atoms with Crippen LogP contribution in [0, 0.1) is 6.92 Å². The Kier molecular flexibility index (Phi) is 6.86. The Bertz CT molecular complexity index is 1280. The van der Waals surface area contributed by atoms with Gasteiger partial charge in [-0.1, -0.05) is 18.2 Å². The first-order chi connectivity index (χ1) is 16.4. The highest BCUT2D eigenvalue weighted by atomic mass is 16.5. The lowest BCUT2D eigenvalue weighted by molar-refractivity contribution is -0.129. The number of nitrogens with zero attached hydrogens (tertiary/aromatic N) is 2. The molecule has 1 fully saturated rings. The monoisotopic (exact) mass is 463 g/mol. The van der Waals surface area contributed by atoms with E-state index in [9.17, 15) is 14.4 Å². The minimum atomic E-state index is -0.399. The van der Waals surface area contributed by atoms with Crippen molar-refractivity contribution in [1.82, 2.24) is 4.90 Å². The molecule has 8 heteroatoms. The molecule has 2 heterocycles. The zero-order valence-corrected chi connectivity index (χ0v) is 19.7. The van der Waals surface area contributed by atoms with E-state index in [-0.39, 0.29) is 11.3 Å². The number of carbonyl (C=O) groups is 2. The van der Waals surface area contributed by atoms with E-state index in [0.29, 0.717) is 67.2 Å². The maximum atomic E-state index is 12.9. The number of carbonyl (C=O) groups excluding carboxylic acids is 2. The van der Waals surface area contributed by atoms with E-state index in [2.05, 4.69) is 5.32 Å². The summed E-state index contributed by atoms with van der Waals surface area (Å²) < 4.78 is 11.1. The molecule has 4 rings (SSSR count). The normalized spacial score (nSPS) is 13.7. The van der Waals surface area contributed by atoms with Crippen LogP contribution in [0.3, 0.4) is 0 Å². The maximum Gasteiger partial charge on any atom is 0.339 e. The van der Waals surface area contributed by atoms with Gasteiger partial charge in [-0.2, -0.15) is 0 Å². The van der Waals surface area contributed by atoms with E-state index in [1.54, 1.807) is 30.0 Å². The van der Waals surface area contributed by atoms with E-state index in [0.717, 1.165) is 11.1 Å². The Morgan fingerprint density at radius 3 is 2.53 bits per heavy atom. The van der Waals surface area contributed by atoms with Crippen LogP contribution in [-0.4, -0.2) is 56.6 Å². The van der Waals surface area contributed by atoms with Crippen molar-refractivity contribution in [3.8, 4) is 0 Å². The van der Waals surface area contributed by atoms with Crippen LogP contribution >= 0.6 is 0 Å². The van der Waals surface area contributed by atoms with Crippen molar-refractivity contribution < 1.29 is 18.7 Å². The Morgan fingerprint density at radius 1 is 1.09 bits per heavy atom. The Balaban J connectivity index is 1.58. The number of hydrogen-bond acceptors (Lipinski definition) is 7. The van der Waals surface area contributed by atoms with Crippen LogP contribution in [0.15, 0.2) is 51.7 Å². The zero-order chi connectivity index (χ0) is 24.2. The first-order valence-corrected chi connectivity index (χ1v) is 11.4. The summed E-state index contributed by atoms with van der Waals surface area (Å²) in [6.45, 7) is 6.48. The number of hydrogen-bond donors (Lipinski definition) is 1. The van der Waals surface area contributed by atoms with Crippen LogP contribution in [0.1, 0.15) is 28.4 Å². The van der Waals surface area contributed by atoms with Gasteiger partial charge in [0.1, 0.15) is 5.58 Å². The molecule has 0 unspecified atom stereocenters. The van der Waals surface area contributed by atoms with Crippen LogP contribution in [0.25, 0.3) is 11.0 Å². The first kappa shape index (κ1) is 23.4. The van der Waals surface area contributed by atoms with Gasteiger partial charge in [0.25, 0.3) is 0 Å². The molecule has 1 N–H and O–H groups in total. The minimum Gasteiger partial charge on any atom is -0.465 e. The van der Waals surface area contributed by atoms with Crippen molar-refractivity contribution in [2.24, 2.45) is 0 Å². The molecule has 1 aliphatic rings. The van der Waals surface area contributed by atoms with Gasteiger partial charge < -0.3 is 24.3 Å². The molecule has 0 saturated carbocycles. The summed E-state index contributed by atoms with van der Waals surface area (Å²) in [4.78, 5) is 40.4. The molecule has 3 aromatic rings. The number of methoxy groups -OCH3 is 1. The molecule has 0 bridgehead atoms. The van der Waals surface area contributed by atoms with E-state index in [1.165, 1.54) is 7.11 Å². The fraction of sp³-hybridized carbons (Fsp3) is 0.346. The summed E-state index contributed by atoms with van der Waals surface area (Å²) in [6, 6.07) is 12.6. The second kappa shape index (κ2) is 9.99. The molecule has 0 atom stereocenters. The van der Waals surface area contributed by atoms with Gasteiger partial charge in [-0.15, -0.1) is 0 Å². The van der Waals surface area contributed by atoms with E-state index in [1.807, 2.05) is 36.1 Å². The number of rotatable bonds is 6. The predicted octanol–water partition coefficient (Wildman–Crippen LogP) is 3.21. The maximum absolute atomic E-state index is 12.9. The average Bonchev–Trinajstić information content (AvgIpc) is 2.84. The molecule has 1 aliphatic heterocycles. The highest BCUT2D eigenvalue weighted by Gasteiger charge is 2.22. The largest absolute Gasteiger partial charge is 0.465 e. The van der Waals surface area contributed by atoms with Gasteiger partial charge in [0, 0.05) is 51.4 Å². The average molecular weight is 464 g/mol. The minimum absolute atomic E-state index is 0.0543. The van der Waals surface area contributed by atoms with Crippen LogP contribution < -0.4 is 15.6 Å². The molecule has 1 amide bonds. The summed E-state index contributed by atoms with van der Waals surface area (Å²) in [5, 5.41) is 3.85. The van der Waals surface area contributed by atoms with E-state index in [4.69, 9.17) is 9.15 Å². The fourth-order valence-corrected chi connectivity index (χ4v) is 4.32. The molecule has 178 valence electrons. The molecule has 34 heavy (non-hydrogen) atoms. The summed E-state index contributed by atoms with van der Waals surface area (Å²) in [6.07, 6.45) is 0.595. The molecule has 8 nitrogen and oxygen atoms in total. The second-order valence-electron chi connectivity index (χ2n) is 8.46. The van der Waals surface area contributed by atoms with Crippen molar-refractivity contribution in [1.29, 1.82) is 0 Å². The Hall–Kier alpha value is -3.81. The van der Waals surface area contributed by atoms with Crippen LogP contribution in [0.5, 0.6) is 0 Å². The van der Waals surface area contributed by atoms with Crippen molar-refractivity contribution in [3.05, 3.63) is 69.4 Å². The van der Waals surface area contributed by atoms with Gasteiger partial charge in [-0.3, -0.25) is 9.59 Å². The summed E-state index contributed by atoms with van der Waals surface area (Å²) in [7, 11) is 1.36. The van der Waals surface area contributed by atoms with E-state index < -0.39 is 5.97 Å². The number of nitrogens with one attached hydrogen (secondary N) is 1. The van der Waals surface area contributed by atoms with E-state index >= 15 is 0 Å². The van der Waals surface area contributed by atoms with Gasteiger partial charge in [-0.25, -0.2) is 4.79 Å². The van der Waals surface area contributed by atoms with Crippen molar-refractivity contribution in [2.75, 3.05) is 50.1 Å². The number of fused-ring (bicyclic) bond motifs is 1. The summed E-state index contributed by atoms with van der Waals surface area (Å²) >= 11 is 0. The molecule has 0 aliphatic carbocycles. The molecule has 0 radical (unpaired) electrons. The number of benzene rings is 2. The van der Waals surface area contributed by atoms with Crippen molar-refractivity contribution in [3.63, 3.8) is 0 Å². The molecule has 1 saturated heterocycles. The molecule has 2 aromatic carbocycles. The van der Waals surface area contributed by atoms with Crippen molar-refractivity contribution in [2.45, 2.75) is 20.3 Å². The number of para-hydroxylation sites is 1. The first-order valence-electron chi connectivity index (χ1n) is 11.4. The van der Waals surface area contributed by atoms with Gasteiger partial charge in [0.15, 0.2) is 11.3 Å². The molecular weight excluding hydrogens is 434 g/mol. The predicted molar refractivity (Wildman–Crippen MR) is 132 cm³/mol. The van der Waals surface area contributed by atoms with Crippen LogP contribution in [0.4, 0.5) is 11.6 Å². The third-order valence-electron chi connectivity index (χ3n) is 6.12. The SMILES string of the molecule is COC(=O)c1ccccc1NCCc1cc(C)cc2c(=O)cc(N3CCN(C(C)=O)CC3)oc12. The summed E-state index contributed by atoms with van der Waals surface area (Å²) in [5.41, 5.74) is 3.55.